The van der Waals surface area contributed by atoms with Crippen LogP contribution in [0.4, 0.5) is 5.82 Å². The molecule has 0 spiro atoms. The molecule has 0 aliphatic carbocycles. The fourth-order valence-electron chi connectivity index (χ4n) is 2.53. The summed E-state index contributed by atoms with van der Waals surface area (Å²) < 4.78 is 1.71. The smallest absolute Gasteiger partial charge is 0.151 e. The third-order valence-electron chi connectivity index (χ3n) is 3.62. The van der Waals surface area contributed by atoms with Crippen molar-refractivity contribution in [1.29, 1.82) is 5.26 Å². The molecule has 2 aromatic rings. The average Bonchev–Trinajstić information content (AvgIpc) is 3.05. The summed E-state index contributed by atoms with van der Waals surface area (Å²) in [6, 6.07) is 11.5. The Morgan fingerprint density at radius 3 is 2.85 bits per heavy atom. The van der Waals surface area contributed by atoms with E-state index in [1.54, 1.807) is 10.7 Å². The van der Waals surface area contributed by atoms with E-state index in [-0.39, 0.29) is 0 Å². The summed E-state index contributed by atoms with van der Waals surface area (Å²) in [5.74, 6) is 0.829. The van der Waals surface area contributed by atoms with Crippen LogP contribution in [0.15, 0.2) is 36.5 Å². The maximum atomic E-state index is 10.0. The maximum Gasteiger partial charge on any atom is 0.151 e. The molecule has 3 rings (SSSR count). The third-order valence-corrected chi connectivity index (χ3v) is 3.62. The van der Waals surface area contributed by atoms with E-state index in [0.717, 1.165) is 24.5 Å². The van der Waals surface area contributed by atoms with Crippen LogP contribution >= 0.6 is 0 Å². The van der Waals surface area contributed by atoms with Crippen molar-refractivity contribution in [3.8, 4) is 11.8 Å². The monoisotopic (exact) mass is 268 g/mol. The molecule has 1 aliphatic heterocycles. The number of hydrogen-bond donors (Lipinski definition) is 1. The highest BCUT2D eigenvalue weighted by molar-refractivity contribution is 5.50. The Hall–Kier alpha value is -2.32. The Kier molecular flexibility index (Phi) is 2.96. The Labute approximate surface area is 117 Å². The molecule has 1 aromatic heterocycles. The lowest BCUT2D eigenvalue weighted by atomic mass is 10.1. The predicted molar refractivity (Wildman–Crippen MR) is 75.7 cm³/mol. The van der Waals surface area contributed by atoms with Gasteiger partial charge in [0.05, 0.1) is 16.9 Å². The highest BCUT2D eigenvalue weighted by atomic mass is 16.3. The molecular weight excluding hydrogens is 252 g/mol. The summed E-state index contributed by atoms with van der Waals surface area (Å²) in [5, 5.41) is 23.7. The number of nitrogens with zero attached hydrogens (tertiary/aromatic N) is 4. The first-order valence-electron chi connectivity index (χ1n) is 6.62. The number of para-hydroxylation sites is 1. The van der Waals surface area contributed by atoms with Gasteiger partial charge in [-0.3, -0.25) is 0 Å². The second-order valence-corrected chi connectivity index (χ2v) is 5.42. The molecule has 1 atom stereocenters. The minimum absolute atomic E-state index is 0.587. The molecule has 0 saturated carbocycles. The second-order valence-electron chi connectivity index (χ2n) is 5.42. The summed E-state index contributed by atoms with van der Waals surface area (Å²) in [6.07, 6.45) is 2.59. The first-order valence-corrected chi connectivity index (χ1v) is 6.62. The van der Waals surface area contributed by atoms with E-state index in [1.165, 1.54) is 0 Å². The number of rotatable bonds is 2. The first-order chi connectivity index (χ1) is 9.59. The van der Waals surface area contributed by atoms with Gasteiger partial charge in [0.15, 0.2) is 5.82 Å². The largest absolute Gasteiger partial charge is 0.388 e. The molecule has 102 valence electrons. The highest BCUT2D eigenvalue weighted by Gasteiger charge is 2.32. The summed E-state index contributed by atoms with van der Waals surface area (Å²) in [7, 11) is 0. The van der Waals surface area contributed by atoms with E-state index in [4.69, 9.17) is 5.26 Å². The van der Waals surface area contributed by atoms with E-state index in [9.17, 15) is 5.11 Å². The Bertz CT molecular complexity index is 669. The Balaban J connectivity index is 1.90. The van der Waals surface area contributed by atoms with Gasteiger partial charge in [0.1, 0.15) is 6.07 Å². The van der Waals surface area contributed by atoms with E-state index >= 15 is 0 Å². The molecule has 2 heterocycles. The lowest BCUT2D eigenvalue weighted by Crippen LogP contribution is -2.29. The average molecular weight is 268 g/mol. The van der Waals surface area contributed by atoms with Crippen LogP contribution in [0.2, 0.25) is 0 Å². The van der Waals surface area contributed by atoms with Gasteiger partial charge in [-0.1, -0.05) is 12.1 Å². The molecule has 0 radical (unpaired) electrons. The highest BCUT2D eigenvalue weighted by Crippen LogP contribution is 2.25. The van der Waals surface area contributed by atoms with Crippen LogP contribution < -0.4 is 4.90 Å². The Morgan fingerprint density at radius 2 is 2.15 bits per heavy atom. The molecule has 1 unspecified atom stereocenters. The van der Waals surface area contributed by atoms with Crippen LogP contribution in [0, 0.1) is 11.3 Å². The molecule has 5 heteroatoms. The number of hydrogen-bond acceptors (Lipinski definition) is 4. The van der Waals surface area contributed by atoms with Crippen LogP contribution in [-0.2, 0) is 0 Å². The van der Waals surface area contributed by atoms with Crippen molar-refractivity contribution in [3.05, 3.63) is 42.1 Å². The molecular formula is C15H16N4O. The zero-order valence-electron chi connectivity index (χ0n) is 11.3. The summed E-state index contributed by atoms with van der Waals surface area (Å²) in [5.41, 5.74) is 0.719. The fourth-order valence-corrected chi connectivity index (χ4v) is 2.53. The molecule has 0 amide bonds. The molecule has 1 fully saturated rings. The van der Waals surface area contributed by atoms with Gasteiger partial charge in [0, 0.05) is 25.4 Å². The van der Waals surface area contributed by atoms with Crippen molar-refractivity contribution in [2.24, 2.45) is 0 Å². The fraction of sp³-hybridized carbons (Fsp3) is 0.333. The van der Waals surface area contributed by atoms with E-state index in [1.807, 2.05) is 37.4 Å². The van der Waals surface area contributed by atoms with Crippen LogP contribution in [0.3, 0.4) is 0 Å². The molecule has 20 heavy (non-hydrogen) atoms. The SMILES string of the molecule is CC1(O)CCN(c2ccn(-c3ccccc3C#N)n2)C1. The number of nitriles is 1. The molecule has 1 aliphatic rings. The number of aliphatic hydroxyl groups is 1. The van der Waals surface area contributed by atoms with Gasteiger partial charge < -0.3 is 10.0 Å². The zero-order chi connectivity index (χ0) is 14.2. The first kappa shape index (κ1) is 12.7. The number of β-amino-alcohol motifs (C(OH)–C–C–N with tert-alkyl or cyclic N) is 1. The molecule has 0 bridgehead atoms. The number of anilines is 1. The van der Waals surface area contributed by atoms with Crippen molar-refractivity contribution in [2.75, 3.05) is 18.0 Å². The van der Waals surface area contributed by atoms with E-state index in [2.05, 4.69) is 16.1 Å². The van der Waals surface area contributed by atoms with Crippen LogP contribution in [0.25, 0.3) is 5.69 Å². The van der Waals surface area contributed by atoms with Gasteiger partial charge in [-0.05, 0) is 25.5 Å². The predicted octanol–water partition coefficient (Wildman–Crippen LogP) is 1.71. The molecule has 1 saturated heterocycles. The minimum atomic E-state index is -0.645. The summed E-state index contributed by atoms with van der Waals surface area (Å²) in [4.78, 5) is 2.06. The van der Waals surface area contributed by atoms with Gasteiger partial charge in [-0.15, -0.1) is 0 Å². The zero-order valence-corrected chi connectivity index (χ0v) is 11.3. The summed E-state index contributed by atoms with van der Waals surface area (Å²) >= 11 is 0. The van der Waals surface area contributed by atoms with Gasteiger partial charge in [-0.2, -0.15) is 10.4 Å². The lowest BCUT2D eigenvalue weighted by Gasteiger charge is -2.18. The van der Waals surface area contributed by atoms with E-state index in [0.29, 0.717) is 12.1 Å². The van der Waals surface area contributed by atoms with Gasteiger partial charge in [0.2, 0.25) is 0 Å². The number of benzene rings is 1. The van der Waals surface area contributed by atoms with Gasteiger partial charge >= 0.3 is 0 Å². The van der Waals surface area contributed by atoms with E-state index < -0.39 is 5.60 Å². The van der Waals surface area contributed by atoms with Crippen molar-refractivity contribution in [3.63, 3.8) is 0 Å². The Morgan fingerprint density at radius 1 is 1.35 bits per heavy atom. The van der Waals surface area contributed by atoms with Crippen molar-refractivity contribution in [2.45, 2.75) is 18.9 Å². The van der Waals surface area contributed by atoms with Crippen molar-refractivity contribution < 1.29 is 5.11 Å². The standard InChI is InChI=1S/C15H16N4O/c1-15(20)7-9-18(11-15)14-6-8-19(17-14)13-5-3-2-4-12(13)10-16/h2-6,8,20H,7,9,11H2,1H3. The van der Waals surface area contributed by atoms with Gasteiger partial charge in [-0.25, -0.2) is 4.68 Å². The van der Waals surface area contributed by atoms with Crippen LogP contribution in [0.1, 0.15) is 18.9 Å². The quantitative estimate of drug-likeness (QED) is 0.900. The molecule has 1 aromatic carbocycles. The topological polar surface area (TPSA) is 65.1 Å². The second kappa shape index (κ2) is 4.66. The third kappa shape index (κ3) is 2.26. The normalized spacial score (nSPS) is 21.9. The van der Waals surface area contributed by atoms with Crippen LogP contribution in [0.5, 0.6) is 0 Å². The maximum absolute atomic E-state index is 10.0. The van der Waals surface area contributed by atoms with Gasteiger partial charge in [0.25, 0.3) is 0 Å². The minimum Gasteiger partial charge on any atom is -0.388 e. The number of aromatic nitrogens is 2. The lowest BCUT2D eigenvalue weighted by molar-refractivity contribution is 0.0839. The van der Waals surface area contributed by atoms with Crippen LogP contribution in [-0.4, -0.2) is 33.6 Å². The van der Waals surface area contributed by atoms with Crippen molar-refractivity contribution in [1.82, 2.24) is 9.78 Å². The molecule has 5 nitrogen and oxygen atoms in total. The molecule has 1 N–H and O–H groups in total. The summed E-state index contributed by atoms with van der Waals surface area (Å²) in [6.45, 7) is 3.22. The van der Waals surface area contributed by atoms with Crippen molar-refractivity contribution >= 4 is 5.82 Å².